The summed E-state index contributed by atoms with van der Waals surface area (Å²) in [7, 11) is 0. The largest absolute Gasteiger partial charge is 0.508 e. The van der Waals surface area contributed by atoms with Gasteiger partial charge in [0.25, 0.3) is 0 Å². The summed E-state index contributed by atoms with van der Waals surface area (Å²) in [6.07, 6.45) is 7.61. The molecule has 3 atom stereocenters. The smallest absolute Gasteiger partial charge is 0.115 e. The molecule has 0 heterocycles. The first kappa shape index (κ1) is 13.4. The zero-order valence-electron chi connectivity index (χ0n) is 10.6. The topological polar surface area (TPSA) is 46.2 Å². The quantitative estimate of drug-likeness (QED) is 0.709. The molecule has 0 saturated heterocycles. The molecule has 2 aliphatic carbocycles. The maximum atomic E-state index is 9.70. The minimum atomic E-state index is -0.0238. The van der Waals surface area contributed by atoms with Crippen LogP contribution in [0.3, 0.4) is 0 Å². The van der Waals surface area contributed by atoms with Crippen LogP contribution in [-0.4, -0.2) is 11.1 Å². The zero-order chi connectivity index (χ0) is 12.0. The van der Waals surface area contributed by atoms with E-state index in [1.807, 2.05) is 6.07 Å². The van der Waals surface area contributed by atoms with Crippen LogP contribution in [-0.2, 0) is 11.8 Å². The predicted molar refractivity (Wildman–Crippen MR) is 76.3 cm³/mol. The van der Waals surface area contributed by atoms with Crippen LogP contribution >= 0.6 is 12.4 Å². The van der Waals surface area contributed by atoms with Crippen molar-refractivity contribution >= 4 is 12.4 Å². The Hall–Kier alpha value is -0.990. The van der Waals surface area contributed by atoms with E-state index in [4.69, 9.17) is 5.73 Å². The van der Waals surface area contributed by atoms with Gasteiger partial charge in [-0.2, -0.15) is 0 Å². The number of nitrogens with two attached hydrogens (primary N) is 1. The van der Waals surface area contributed by atoms with Crippen molar-refractivity contribution in [2.45, 2.75) is 37.6 Å². The van der Waals surface area contributed by atoms with Crippen molar-refractivity contribution in [1.29, 1.82) is 0 Å². The lowest BCUT2D eigenvalue weighted by atomic mass is 9.63. The first-order valence-corrected chi connectivity index (χ1v) is 6.34. The molecule has 0 saturated carbocycles. The third kappa shape index (κ3) is 1.84. The SMILES string of the molecule is C[C@@]12CC=CCC(Cc3ccc(O)cc31)[C@@H]2N.Cl. The van der Waals surface area contributed by atoms with Crippen LogP contribution in [0, 0.1) is 5.92 Å². The number of allylic oxidation sites excluding steroid dienone is 2. The van der Waals surface area contributed by atoms with Crippen LogP contribution in [0.2, 0.25) is 0 Å². The second-order valence-electron chi connectivity index (χ2n) is 5.66. The molecule has 0 spiro atoms. The Morgan fingerprint density at radius 2 is 2.11 bits per heavy atom. The van der Waals surface area contributed by atoms with Crippen LogP contribution in [0.1, 0.15) is 30.9 Å². The number of fused-ring (bicyclic) bond motifs is 4. The molecule has 3 rings (SSSR count). The van der Waals surface area contributed by atoms with Crippen LogP contribution < -0.4 is 5.73 Å². The van der Waals surface area contributed by atoms with Crippen molar-refractivity contribution in [2.24, 2.45) is 11.7 Å². The number of phenolic OH excluding ortho intramolecular Hbond substituents is 1. The van der Waals surface area contributed by atoms with E-state index in [1.54, 1.807) is 6.07 Å². The van der Waals surface area contributed by atoms with Gasteiger partial charge in [-0.05, 0) is 48.4 Å². The Morgan fingerprint density at radius 1 is 1.33 bits per heavy atom. The Morgan fingerprint density at radius 3 is 2.89 bits per heavy atom. The highest BCUT2D eigenvalue weighted by molar-refractivity contribution is 5.85. The number of aromatic hydroxyl groups is 1. The number of hydrogen-bond acceptors (Lipinski definition) is 2. The lowest BCUT2D eigenvalue weighted by Gasteiger charge is -2.44. The molecule has 1 unspecified atom stereocenters. The van der Waals surface area contributed by atoms with Gasteiger partial charge in [0.1, 0.15) is 5.75 Å². The van der Waals surface area contributed by atoms with Crippen molar-refractivity contribution in [3.05, 3.63) is 41.5 Å². The van der Waals surface area contributed by atoms with Gasteiger partial charge in [-0.25, -0.2) is 0 Å². The van der Waals surface area contributed by atoms with Gasteiger partial charge in [0.05, 0.1) is 0 Å². The fraction of sp³-hybridized carbons (Fsp3) is 0.467. The lowest BCUT2D eigenvalue weighted by Crippen LogP contribution is -2.51. The molecule has 1 aromatic carbocycles. The van der Waals surface area contributed by atoms with E-state index in [0.29, 0.717) is 11.7 Å². The van der Waals surface area contributed by atoms with E-state index in [-0.39, 0.29) is 23.9 Å². The third-order valence-corrected chi connectivity index (χ3v) is 4.58. The number of benzene rings is 1. The molecule has 0 radical (unpaired) electrons. The second kappa shape index (κ2) is 4.60. The molecule has 0 aliphatic heterocycles. The van der Waals surface area contributed by atoms with Crippen LogP contribution in [0.15, 0.2) is 30.4 Å². The molecule has 0 aromatic heterocycles. The average Bonchev–Trinajstić information content (AvgIpc) is 2.41. The van der Waals surface area contributed by atoms with Gasteiger partial charge in [0.15, 0.2) is 0 Å². The second-order valence-corrected chi connectivity index (χ2v) is 5.66. The van der Waals surface area contributed by atoms with Gasteiger partial charge < -0.3 is 10.8 Å². The molecular weight excluding hydrogens is 246 g/mol. The summed E-state index contributed by atoms with van der Waals surface area (Å²) in [5.41, 5.74) is 9.04. The molecule has 2 nitrogen and oxygen atoms in total. The van der Waals surface area contributed by atoms with Gasteiger partial charge in [0.2, 0.25) is 0 Å². The van der Waals surface area contributed by atoms with E-state index in [9.17, 15) is 5.11 Å². The van der Waals surface area contributed by atoms with E-state index in [0.717, 1.165) is 19.3 Å². The van der Waals surface area contributed by atoms with Gasteiger partial charge in [-0.3, -0.25) is 0 Å². The van der Waals surface area contributed by atoms with Gasteiger partial charge in [-0.1, -0.05) is 25.1 Å². The molecular formula is C15H20ClNO. The third-order valence-electron chi connectivity index (χ3n) is 4.58. The number of rotatable bonds is 0. The Labute approximate surface area is 114 Å². The average molecular weight is 266 g/mol. The fourth-order valence-corrected chi connectivity index (χ4v) is 3.46. The molecule has 18 heavy (non-hydrogen) atoms. The number of hydrogen-bond donors (Lipinski definition) is 2. The minimum Gasteiger partial charge on any atom is -0.508 e. The van der Waals surface area contributed by atoms with Crippen molar-refractivity contribution in [3.8, 4) is 5.75 Å². The summed E-state index contributed by atoms with van der Waals surface area (Å²) in [4.78, 5) is 0. The highest BCUT2D eigenvalue weighted by Gasteiger charge is 2.43. The monoisotopic (exact) mass is 265 g/mol. The molecule has 2 aliphatic rings. The first-order chi connectivity index (χ1) is 8.11. The summed E-state index contributed by atoms with van der Waals surface area (Å²) in [5, 5.41) is 9.70. The standard InChI is InChI=1S/C15H19NO.ClH/c1-15-7-3-2-4-11(14(15)16)8-10-5-6-12(17)9-13(10)15;/h2-3,5-6,9,11,14,17H,4,7-8,16H2,1H3;1H/t11?,14-,15+;/m0./s1. The summed E-state index contributed by atoms with van der Waals surface area (Å²) < 4.78 is 0. The maximum absolute atomic E-state index is 9.70. The molecule has 3 heteroatoms. The summed E-state index contributed by atoms with van der Waals surface area (Å²) in [6.45, 7) is 2.23. The van der Waals surface area contributed by atoms with E-state index in [1.165, 1.54) is 11.1 Å². The Balaban J connectivity index is 0.00000120. The van der Waals surface area contributed by atoms with Crippen LogP contribution in [0.25, 0.3) is 0 Å². The number of halogens is 1. The van der Waals surface area contributed by atoms with Crippen molar-refractivity contribution in [2.75, 3.05) is 0 Å². The van der Waals surface area contributed by atoms with E-state index >= 15 is 0 Å². The van der Waals surface area contributed by atoms with Crippen LogP contribution in [0.5, 0.6) is 5.75 Å². The molecule has 2 bridgehead atoms. The molecule has 1 aromatic rings. The van der Waals surface area contributed by atoms with Crippen molar-refractivity contribution < 1.29 is 5.11 Å². The molecule has 0 amide bonds. The normalized spacial score (nSPS) is 33.2. The molecule has 98 valence electrons. The summed E-state index contributed by atoms with van der Waals surface area (Å²) >= 11 is 0. The Bertz CT molecular complexity index is 485. The van der Waals surface area contributed by atoms with Crippen molar-refractivity contribution in [1.82, 2.24) is 0 Å². The van der Waals surface area contributed by atoms with E-state index < -0.39 is 0 Å². The minimum absolute atomic E-state index is 0. The van der Waals surface area contributed by atoms with E-state index in [2.05, 4.69) is 25.1 Å². The van der Waals surface area contributed by atoms with Crippen molar-refractivity contribution in [3.63, 3.8) is 0 Å². The van der Waals surface area contributed by atoms with Crippen LogP contribution in [0.4, 0.5) is 0 Å². The lowest BCUT2D eigenvalue weighted by molar-refractivity contribution is 0.260. The molecule has 0 fully saturated rings. The fourth-order valence-electron chi connectivity index (χ4n) is 3.46. The molecule has 3 N–H and O–H groups in total. The summed E-state index contributed by atoms with van der Waals surface area (Å²) in [6, 6.07) is 5.95. The number of phenols is 1. The zero-order valence-corrected chi connectivity index (χ0v) is 11.4. The van der Waals surface area contributed by atoms with Gasteiger partial charge >= 0.3 is 0 Å². The summed E-state index contributed by atoms with van der Waals surface area (Å²) in [5.74, 6) is 0.889. The Kier molecular flexibility index (Phi) is 3.43. The highest BCUT2D eigenvalue weighted by atomic mass is 35.5. The maximum Gasteiger partial charge on any atom is 0.115 e. The first-order valence-electron chi connectivity index (χ1n) is 6.34. The van der Waals surface area contributed by atoms with Gasteiger partial charge in [0, 0.05) is 11.5 Å². The highest BCUT2D eigenvalue weighted by Crippen LogP contribution is 2.45. The van der Waals surface area contributed by atoms with Gasteiger partial charge in [-0.15, -0.1) is 12.4 Å². The predicted octanol–water partition coefficient (Wildman–Crippen LogP) is 2.92.